The van der Waals surface area contributed by atoms with E-state index in [2.05, 4.69) is 0 Å². The van der Waals surface area contributed by atoms with Gasteiger partial charge in [0.1, 0.15) is 6.54 Å². The maximum absolute atomic E-state index is 12.7. The van der Waals surface area contributed by atoms with Gasteiger partial charge in [-0.05, 0) is 36.8 Å². The van der Waals surface area contributed by atoms with Crippen LogP contribution < -0.4 is 5.43 Å². The van der Waals surface area contributed by atoms with Gasteiger partial charge in [-0.3, -0.25) is 9.59 Å². The number of carboxylic acid groups (broad SMARTS) is 1. The zero-order valence-electron chi connectivity index (χ0n) is 12.6. The molecular weight excluding hydrogens is 353 g/mol. The second-order valence-electron chi connectivity index (χ2n) is 5.52. The van der Waals surface area contributed by atoms with E-state index in [9.17, 15) is 19.8 Å². The van der Waals surface area contributed by atoms with E-state index in [4.69, 9.17) is 23.2 Å². The fourth-order valence-electron chi connectivity index (χ4n) is 2.78. The van der Waals surface area contributed by atoms with Gasteiger partial charge in [0.15, 0.2) is 5.43 Å². The summed E-state index contributed by atoms with van der Waals surface area (Å²) >= 11 is 12.3. The molecule has 7 heteroatoms. The molecule has 0 aliphatic carbocycles. The van der Waals surface area contributed by atoms with Crippen molar-refractivity contribution < 1.29 is 15.0 Å². The Morgan fingerprint density at radius 1 is 1.21 bits per heavy atom. The van der Waals surface area contributed by atoms with Gasteiger partial charge < -0.3 is 14.8 Å². The molecule has 1 unspecified atom stereocenters. The number of hydrogen-bond donors (Lipinski definition) is 2. The molecule has 0 fully saturated rings. The molecule has 3 rings (SSSR count). The van der Waals surface area contributed by atoms with E-state index in [0.29, 0.717) is 21.9 Å². The monoisotopic (exact) mass is 365 g/mol. The number of halogens is 2. The zero-order chi connectivity index (χ0) is 17.6. The molecule has 2 N–H and O–H groups in total. The lowest BCUT2D eigenvalue weighted by Crippen LogP contribution is -2.16. The van der Waals surface area contributed by atoms with Crippen LogP contribution in [0.5, 0.6) is 0 Å². The molecule has 0 amide bonds. The number of carbonyl (C=O) groups is 1. The maximum atomic E-state index is 12.7. The first kappa shape index (κ1) is 16.8. The molecule has 0 saturated carbocycles. The zero-order valence-corrected chi connectivity index (χ0v) is 14.1. The molecule has 5 nitrogen and oxygen atoms in total. The summed E-state index contributed by atoms with van der Waals surface area (Å²) in [6, 6.07) is 7.87. The molecule has 124 valence electrons. The van der Waals surface area contributed by atoms with E-state index < -0.39 is 18.6 Å². The van der Waals surface area contributed by atoms with Crippen LogP contribution in [0.25, 0.3) is 21.8 Å². The second-order valence-corrected chi connectivity index (χ2v) is 6.30. The molecule has 0 aliphatic heterocycles. The summed E-state index contributed by atoms with van der Waals surface area (Å²) in [6.07, 6.45) is -0.756. The number of carboxylic acids is 1. The Morgan fingerprint density at radius 3 is 2.50 bits per heavy atom. The normalized spacial score (nSPS) is 12.7. The average molecular weight is 366 g/mol. The van der Waals surface area contributed by atoms with E-state index in [1.54, 1.807) is 25.1 Å². The van der Waals surface area contributed by atoms with Gasteiger partial charge in [-0.25, -0.2) is 0 Å². The molecule has 24 heavy (non-hydrogen) atoms. The molecule has 2 aromatic carbocycles. The Labute approximate surface area is 146 Å². The number of pyridine rings is 1. The van der Waals surface area contributed by atoms with Crippen molar-refractivity contribution in [2.24, 2.45) is 0 Å². The number of fused-ring (bicyclic) bond motifs is 2. The summed E-state index contributed by atoms with van der Waals surface area (Å²) in [5.74, 6) is -1.08. The summed E-state index contributed by atoms with van der Waals surface area (Å²) in [4.78, 5) is 24.1. The van der Waals surface area contributed by atoms with Crippen LogP contribution in [-0.4, -0.2) is 20.7 Å². The highest BCUT2D eigenvalue weighted by atomic mass is 35.5. The maximum Gasteiger partial charge on any atom is 0.323 e. The van der Waals surface area contributed by atoms with Gasteiger partial charge in [0.2, 0.25) is 0 Å². The van der Waals surface area contributed by atoms with Crippen molar-refractivity contribution in [3.05, 3.63) is 56.2 Å². The van der Waals surface area contributed by atoms with Gasteiger partial charge in [-0.2, -0.15) is 0 Å². The van der Waals surface area contributed by atoms with Crippen LogP contribution in [0.4, 0.5) is 0 Å². The highest BCUT2D eigenvalue weighted by molar-refractivity contribution is 6.45. The number of hydrogen-bond acceptors (Lipinski definition) is 3. The molecule has 0 bridgehead atoms. The van der Waals surface area contributed by atoms with Crippen LogP contribution in [0.1, 0.15) is 18.6 Å². The number of rotatable bonds is 3. The Bertz CT molecular complexity index is 1040. The molecule has 0 saturated heterocycles. The minimum absolute atomic E-state index is 0.122. The fraction of sp³-hybridized carbons (Fsp3) is 0.176. The third-order valence-corrected chi connectivity index (χ3v) is 4.71. The number of aliphatic carboxylic acids is 1. The Hall–Kier alpha value is -2.08. The summed E-state index contributed by atoms with van der Waals surface area (Å²) in [6.45, 7) is 1.20. The summed E-state index contributed by atoms with van der Waals surface area (Å²) in [5.41, 5.74) is 0.958. The van der Waals surface area contributed by atoms with Crippen LogP contribution in [0, 0.1) is 0 Å². The molecule has 1 heterocycles. The molecule has 0 radical (unpaired) electrons. The minimum atomic E-state index is -1.08. The highest BCUT2D eigenvalue weighted by Gasteiger charge is 2.17. The van der Waals surface area contributed by atoms with Crippen LogP contribution in [-0.2, 0) is 11.3 Å². The minimum Gasteiger partial charge on any atom is -0.480 e. The van der Waals surface area contributed by atoms with Gasteiger partial charge in [-0.15, -0.1) is 0 Å². The highest BCUT2D eigenvalue weighted by Crippen LogP contribution is 2.32. The standard InChI is InChI=1S/C17H13Cl2NO4/c1-8(21)9-2-3-10-13(6-9)20(7-14(22)23)16-11(17(10)24)4-5-12(18)15(16)19/h2-6,8,21H,7H2,1H3,(H,22,23). The first-order chi connectivity index (χ1) is 11.3. The average Bonchev–Trinajstić information content (AvgIpc) is 2.53. The summed E-state index contributed by atoms with van der Waals surface area (Å²) < 4.78 is 1.44. The number of nitrogens with zero attached hydrogens (tertiary/aromatic N) is 1. The Kier molecular flexibility index (Phi) is 4.25. The van der Waals surface area contributed by atoms with Crippen molar-refractivity contribution in [2.75, 3.05) is 0 Å². The van der Waals surface area contributed by atoms with Crippen molar-refractivity contribution in [3.63, 3.8) is 0 Å². The summed E-state index contributed by atoms with van der Waals surface area (Å²) in [5, 5.41) is 20.1. The Morgan fingerprint density at radius 2 is 1.88 bits per heavy atom. The van der Waals surface area contributed by atoms with E-state index in [0.717, 1.165) is 0 Å². The second kappa shape index (κ2) is 6.09. The predicted molar refractivity (Wildman–Crippen MR) is 94.0 cm³/mol. The quantitative estimate of drug-likeness (QED) is 0.695. The SMILES string of the molecule is CC(O)c1ccc2c(=O)c3ccc(Cl)c(Cl)c3n(CC(=O)O)c2c1. The number of aliphatic hydroxyl groups is 1. The molecular formula is C17H13Cl2NO4. The Balaban J connectivity index is 2.58. The number of aromatic nitrogens is 1. The number of benzene rings is 2. The van der Waals surface area contributed by atoms with Gasteiger partial charge in [0.25, 0.3) is 0 Å². The first-order valence-corrected chi connectivity index (χ1v) is 7.91. The van der Waals surface area contributed by atoms with Gasteiger partial charge in [0.05, 0.1) is 27.2 Å². The molecule has 3 aromatic rings. The van der Waals surface area contributed by atoms with E-state index in [1.165, 1.54) is 16.7 Å². The van der Waals surface area contributed by atoms with Crippen LogP contribution in [0.15, 0.2) is 35.1 Å². The fourth-order valence-corrected chi connectivity index (χ4v) is 3.20. The van der Waals surface area contributed by atoms with E-state index >= 15 is 0 Å². The lowest BCUT2D eigenvalue weighted by molar-refractivity contribution is -0.137. The smallest absolute Gasteiger partial charge is 0.323 e. The van der Waals surface area contributed by atoms with E-state index in [-0.39, 0.29) is 21.0 Å². The lowest BCUT2D eigenvalue weighted by atomic mass is 10.0. The van der Waals surface area contributed by atoms with Crippen molar-refractivity contribution in [1.82, 2.24) is 4.57 Å². The lowest BCUT2D eigenvalue weighted by Gasteiger charge is -2.16. The largest absolute Gasteiger partial charge is 0.480 e. The van der Waals surface area contributed by atoms with Crippen molar-refractivity contribution in [3.8, 4) is 0 Å². The third kappa shape index (κ3) is 2.65. The van der Waals surface area contributed by atoms with Gasteiger partial charge >= 0.3 is 5.97 Å². The van der Waals surface area contributed by atoms with Crippen LogP contribution in [0.3, 0.4) is 0 Å². The van der Waals surface area contributed by atoms with Crippen molar-refractivity contribution in [1.29, 1.82) is 0 Å². The van der Waals surface area contributed by atoms with E-state index in [1.807, 2.05) is 0 Å². The van der Waals surface area contributed by atoms with Gasteiger partial charge in [0, 0.05) is 10.8 Å². The third-order valence-electron chi connectivity index (χ3n) is 3.92. The molecule has 1 aromatic heterocycles. The first-order valence-electron chi connectivity index (χ1n) is 7.15. The van der Waals surface area contributed by atoms with Crippen molar-refractivity contribution >= 4 is 51.0 Å². The topological polar surface area (TPSA) is 79.5 Å². The predicted octanol–water partition coefficient (Wildman–Crippen LogP) is 3.60. The van der Waals surface area contributed by atoms with Gasteiger partial charge in [-0.1, -0.05) is 29.3 Å². The molecule has 0 aliphatic rings. The van der Waals surface area contributed by atoms with Crippen LogP contribution in [0.2, 0.25) is 10.0 Å². The van der Waals surface area contributed by atoms with Crippen LogP contribution >= 0.6 is 23.2 Å². The molecule has 0 spiro atoms. The number of aliphatic hydroxyl groups excluding tert-OH is 1. The molecule has 1 atom stereocenters. The summed E-state index contributed by atoms with van der Waals surface area (Å²) in [7, 11) is 0. The van der Waals surface area contributed by atoms with Crippen molar-refractivity contribution in [2.45, 2.75) is 19.6 Å².